The van der Waals surface area contributed by atoms with Gasteiger partial charge in [-0.3, -0.25) is 9.78 Å². The number of ketones is 1. The molecule has 0 saturated carbocycles. The molecule has 144 valence electrons. The Morgan fingerprint density at radius 1 is 1.00 bits per heavy atom. The van der Waals surface area contributed by atoms with E-state index in [9.17, 15) is 4.79 Å². The Kier molecular flexibility index (Phi) is 5.13. The molecule has 0 amide bonds. The van der Waals surface area contributed by atoms with Crippen LogP contribution < -0.4 is 4.90 Å². The zero-order chi connectivity index (χ0) is 20.3. The van der Waals surface area contributed by atoms with Crippen LogP contribution in [0.3, 0.4) is 0 Å². The number of likely N-dealkylation sites (N-methyl/N-ethyl adjacent to an activating group) is 1. The van der Waals surface area contributed by atoms with Crippen molar-refractivity contribution in [1.82, 2.24) is 4.98 Å². The van der Waals surface area contributed by atoms with Crippen LogP contribution >= 0.6 is 0 Å². The fraction of sp³-hybridized carbons (Fsp3) is 0.154. The molecule has 3 aromatic rings. The molecule has 0 spiro atoms. The van der Waals surface area contributed by atoms with Gasteiger partial charge < -0.3 is 4.90 Å². The first-order valence-corrected chi connectivity index (χ1v) is 9.81. The van der Waals surface area contributed by atoms with Crippen LogP contribution in [0.25, 0.3) is 0 Å². The second kappa shape index (κ2) is 7.88. The van der Waals surface area contributed by atoms with Crippen molar-refractivity contribution in [2.45, 2.75) is 18.8 Å². The van der Waals surface area contributed by atoms with E-state index in [0.717, 1.165) is 6.42 Å². The van der Waals surface area contributed by atoms with E-state index < -0.39 is 0 Å². The van der Waals surface area contributed by atoms with Crippen molar-refractivity contribution in [2.24, 2.45) is 0 Å². The highest BCUT2D eigenvalue weighted by Crippen LogP contribution is 2.48. The standard InChI is InChI=1S/C26H24N2O/c1-26(19-20-11-4-3-5-12-20)21-13-6-7-15-23(21)28(2)25(26)17-10-16-24(29)22-14-8-9-18-27-22/h3-18H,19H2,1-2H3/b16-10+,25-17-. The minimum absolute atomic E-state index is 0.0922. The lowest BCUT2D eigenvalue weighted by Gasteiger charge is -2.29. The quantitative estimate of drug-likeness (QED) is 0.442. The maximum Gasteiger partial charge on any atom is 0.204 e. The second-order valence-electron chi connectivity index (χ2n) is 7.56. The molecule has 1 aromatic heterocycles. The van der Waals surface area contributed by atoms with Crippen molar-refractivity contribution < 1.29 is 4.79 Å². The van der Waals surface area contributed by atoms with Gasteiger partial charge in [0.25, 0.3) is 0 Å². The van der Waals surface area contributed by atoms with Gasteiger partial charge >= 0.3 is 0 Å². The van der Waals surface area contributed by atoms with E-state index in [1.807, 2.05) is 24.3 Å². The monoisotopic (exact) mass is 380 g/mol. The largest absolute Gasteiger partial charge is 0.347 e. The second-order valence-corrected chi connectivity index (χ2v) is 7.56. The number of fused-ring (bicyclic) bond motifs is 1. The average Bonchev–Trinajstić information content (AvgIpc) is 2.97. The number of carbonyl (C=O) groups excluding carboxylic acids is 1. The first kappa shape index (κ1) is 18.9. The van der Waals surface area contributed by atoms with E-state index in [0.29, 0.717) is 5.69 Å². The van der Waals surface area contributed by atoms with Crippen molar-refractivity contribution in [3.8, 4) is 0 Å². The van der Waals surface area contributed by atoms with Crippen LogP contribution in [0, 0.1) is 0 Å². The van der Waals surface area contributed by atoms with Crippen LogP contribution in [0.1, 0.15) is 28.5 Å². The number of hydrogen-bond donors (Lipinski definition) is 0. The molecule has 0 aliphatic carbocycles. The molecule has 1 aliphatic heterocycles. The Hall–Kier alpha value is -3.46. The maximum absolute atomic E-state index is 12.4. The fourth-order valence-electron chi connectivity index (χ4n) is 4.18. The van der Waals surface area contributed by atoms with Gasteiger partial charge in [0.2, 0.25) is 5.78 Å². The molecular formula is C26H24N2O. The van der Waals surface area contributed by atoms with Crippen molar-refractivity contribution in [3.63, 3.8) is 0 Å². The number of pyridine rings is 1. The Morgan fingerprint density at radius 3 is 2.48 bits per heavy atom. The summed E-state index contributed by atoms with van der Waals surface area (Å²) in [5, 5.41) is 0. The van der Waals surface area contributed by atoms with Gasteiger partial charge in [0.15, 0.2) is 0 Å². The zero-order valence-electron chi connectivity index (χ0n) is 16.7. The summed E-state index contributed by atoms with van der Waals surface area (Å²) in [5.74, 6) is -0.0922. The third-order valence-corrected chi connectivity index (χ3v) is 5.61. The van der Waals surface area contributed by atoms with E-state index in [4.69, 9.17) is 0 Å². The number of allylic oxidation sites excluding steroid dienone is 4. The van der Waals surface area contributed by atoms with Gasteiger partial charge in [-0.25, -0.2) is 0 Å². The first-order valence-electron chi connectivity index (χ1n) is 9.81. The van der Waals surface area contributed by atoms with Crippen LogP contribution in [0.4, 0.5) is 5.69 Å². The highest BCUT2D eigenvalue weighted by atomic mass is 16.1. The highest BCUT2D eigenvalue weighted by molar-refractivity contribution is 6.03. The number of anilines is 1. The van der Waals surface area contributed by atoms with Crippen LogP contribution in [0.5, 0.6) is 0 Å². The van der Waals surface area contributed by atoms with Crippen molar-refractivity contribution in [3.05, 3.63) is 120 Å². The molecule has 3 nitrogen and oxygen atoms in total. The van der Waals surface area contributed by atoms with E-state index in [1.165, 1.54) is 22.5 Å². The molecule has 0 saturated heterocycles. The molecule has 1 unspecified atom stereocenters. The zero-order valence-corrected chi connectivity index (χ0v) is 16.7. The molecule has 2 heterocycles. The highest BCUT2D eigenvalue weighted by Gasteiger charge is 2.41. The maximum atomic E-state index is 12.4. The smallest absolute Gasteiger partial charge is 0.204 e. The van der Waals surface area contributed by atoms with Crippen LogP contribution in [-0.4, -0.2) is 17.8 Å². The molecule has 0 bridgehead atoms. The molecule has 0 fully saturated rings. The SMILES string of the molecule is CN1/C(=C\C=C\C(=O)c2ccccn2)C(C)(Cc2ccccc2)c2ccccc21. The Balaban J connectivity index is 1.69. The summed E-state index contributed by atoms with van der Waals surface area (Å²) in [6, 6.07) is 24.4. The van der Waals surface area contributed by atoms with Crippen LogP contribution in [0.2, 0.25) is 0 Å². The van der Waals surface area contributed by atoms with Gasteiger partial charge in [0.1, 0.15) is 5.69 Å². The topological polar surface area (TPSA) is 33.2 Å². The number of benzene rings is 2. The van der Waals surface area contributed by atoms with Gasteiger partial charge in [-0.15, -0.1) is 0 Å². The summed E-state index contributed by atoms with van der Waals surface area (Å²) in [5.41, 5.74) is 5.26. The van der Waals surface area contributed by atoms with E-state index in [2.05, 4.69) is 78.5 Å². The first-order chi connectivity index (χ1) is 14.1. The minimum atomic E-state index is -0.176. The van der Waals surface area contributed by atoms with Crippen molar-refractivity contribution in [2.75, 3.05) is 11.9 Å². The lowest BCUT2D eigenvalue weighted by molar-refractivity contribution is 0.104. The van der Waals surface area contributed by atoms with Crippen molar-refractivity contribution >= 4 is 11.5 Å². The van der Waals surface area contributed by atoms with E-state index >= 15 is 0 Å². The van der Waals surface area contributed by atoms with Crippen LogP contribution in [-0.2, 0) is 11.8 Å². The third-order valence-electron chi connectivity index (χ3n) is 5.61. The Labute approximate surface area is 172 Å². The number of rotatable bonds is 5. The predicted octanol–water partition coefficient (Wildman–Crippen LogP) is 5.35. The number of nitrogens with zero attached hydrogens (tertiary/aromatic N) is 2. The van der Waals surface area contributed by atoms with E-state index in [-0.39, 0.29) is 11.2 Å². The molecule has 3 heteroatoms. The number of carbonyl (C=O) groups is 1. The third kappa shape index (κ3) is 3.64. The molecule has 4 rings (SSSR count). The Morgan fingerprint density at radius 2 is 1.72 bits per heavy atom. The van der Waals surface area contributed by atoms with Gasteiger partial charge in [0.05, 0.1) is 0 Å². The molecule has 1 atom stereocenters. The van der Waals surface area contributed by atoms with Crippen LogP contribution in [0.15, 0.2) is 103 Å². The summed E-state index contributed by atoms with van der Waals surface area (Å²) >= 11 is 0. The predicted molar refractivity (Wildman–Crippen MR) is 118 cm³/mol. The number of aromatic nitrogens is 1. The molecule has 0 radical (unpaired) electrons. The molecule has 2 aromatic carbocycles. The summed E-state index contributed by atoms with van der Waals surface area (Å²) in [4.78, 5) is 18.7. The molecule has 29 heavy (non-hydrogen) atoms. The molecular weight excluding hydrogens is 356 g/mol. The average molecular weight is 380 g/mol. The number of para-hydroxylation sites is 1. The summed E-state index contributed by atoms with van der Waals surface area (Å²) < 4.78 is 0. The molecule has 1 aliphatic rings. The Bertz CT molecular complexity index is 1070. The van der Waals surface area contributed by atoms with Gasteiger partial charge in [0, 0.05) is 30.0 Å². The lowest BCUT2D eigenvalue weighted by atomic mass is 9.76. The van der Waals surface area contributed by atoms with Gasteiger partial charge in [-0.2, -0.15) is 0 Å². The number of hydrogen-bond acceptors (Lipinski definition) is 3. The van der Waals surface area contributed by atoms with Gasteiger partial charge in [-0.05, 0) is 54.8 Å². The van der Waals surface area contributed by atoms with E-state index in [1.54, 1.807) is 18.3 Å². The summed E-state index contributed by atoms with van der Waals surface area (Å²) in [6.45, 7) is 2.28. The summed E-state index contributed by atoms with van der Waals surface area (Å²) in [7, 11) is 2.09. The fourth-order valence-corrected chi connectivity index (χ4v) is 4.18. The normalized spacial score (nSPS) is 19.7. The minimum Gasteiger partial charge on any atom is -0.347 e. The molecule has 0 N–H and O–H groups in total. The lowest BCUT2D eigenvalue weighted by Crippen LogP contribution is -2.28. The van der Waals surface area contributed by atoms with Gasteiger partial charge in [-0.1, -0.05) is 60.7 Å². The summed E-state index contributed by atoms with van der Waals surface area (Å²) in [6.07, 6.45) is 8.03. The van der Waals surface area contributed by atoms with Crippen molar-refractivity contribution in [1.29, 1.82) is 0 Å².